The van der Waals surface area contributed by atoms with Gasteiger partial charge in [0.1, 0.15) is 0 Å². The van der Waals surface area contributed by atoms with E-state index in [1.54, 1.807) is 36.4 Å². The molecule has 1 aliphatic rings. The Morgan fingerprint density at radius 2 is 1.52 bits per heavy atom. The number of fused-ring (bicyclic) bond motifs is 1. The smallest absolute Gasteiger partial charge is 0.329 e. The average molecular weight is 373 g/mol. The molecular weight excluding hydrogens is 363 g/mol. The highest BCUT2D eigenvalue weighted by Gasteiger charge is 2.38. The van der Waals surface area contributed by atoms with Gasteiger partial charge in [-0.15, -0.1) is 0 Å². The van der Waals surface area contributed by atoms with E-state index in [9.17, 15) is 22.8 Å². The zero-order valence-corrected chi connectivity index (χ0v) is 13.5. The highest BCUT2D eigenvalue weighted by atomic mass is 19.4. The van der Waals surface area contributed by atoms with Gasteiger partial charge in [-0.05, 0) is 17.7 Å². The van der Waals surface area contributed by atoms with Gasteiger partial charge in [0.15, 0.2) is 0 Å². The predicted molar refractivity (Wildman–Crippen MR) is 85.4 cm³/mol. The Kier molecular flexibility index (Phi) is 3.79. The Balaban J connectivity index is 1.53. The molecule has 0 radical (unpaired) electrons. The molecule has 0 spiro atoms. The lowest BCUT2D eigenvalue weighted by Crippen LogP contribution is -2.29. The van der Waals surface area contributed by atoms with Crippen LogP contribution in [0, 0.1) is 0 Å². The fraction of sp³-hybridized carbons (Fsp3) is 0.111. The first-order chi connectivity index (χ1) is 12.8. The van der Waals surface area contributed by atoms with Crippen LogP contribution in [0.1, 0.15) is 32.2 Å². The van der Waals surface area contributed by atoms with Crippen molar-refractivity contribution in [3.63, 3.8) is 0 Å². The lowest BCUT2D eigenvalue weighted by atomic mass is 10.1. The molecular formula is C18H10F3N3O3. The van der Waals surface area contributed by atoms with Crippen molar-refractivity contribution in [3.8, 4) is 11.4 Å². The van der Waals surface area contributed by atoms with Crippen molar-refractivity contribution in [2.75, 3.05) is 0 Å². The van der Waals surface area contributed by atoms with Crippen molar-refractivity contribution in [3.05, 3.63) is 71.1 Å². The van der Waals surface area contributed by atoms with Gasteiger partial charge >= 0.3 is 12.1 Å². The number of nitrogens with zero attached hydrogens (tertiary/aromatic N) is 3. The highest BCUT2D eigenvalue weighted by molar-refractivity contribution is 6.21. The van der Waals surface area contributed by atoms with Crippen LogP contribution >= 0.6 is 0 Å². The molecule has 0 saturated carbocycles. The monoisotopic (exact) mass is 373 g/mol. The third-order valence-electron chi connectivity index (χ3n) is 4.10. The number of carbonyl (C=O) groups is 2. The van der Waals surface area contributed by atoms with Crippen molar-refractivity contribution in [2.45, 2.75) is 12.7 Å². The molecule has 9 heteroatoms. The summed E-state index contributed by atoms with van der Waals surface area (Å²) in [5, 5.41) is 3.31. The summed E-state index contributed by atoms with van der Waals surface area (Å²) >= 11 is 0. The fourth-order valence-electron chi connectivity index (χ4n) is 2.78. The number of imide groups is 1. The number of hydrogen-bond acceptors (Lipinski definition) is 5. The SMILES string of the molecule is O=C1c2ccccc2C(=O)N1Cc1ccc(-c2noc(C(F)(F)F)n2)cc1. The maximum Gasteiger partial charge on any atom is 0.471 e. The minimum absolute atomic E-state index is 0.0483. The first-order valence-electron chi connectivity index (χ1n) is 7.80. The lowest BCUT2D eigenvalue weighted by molar-refractivity contribution is -0.159. The second-order valence-electron chi connectivity index (χ2n) is 5.86. The van der Waals surface area contributed by atoms with E-state index in [4.69, 9.17) is 0 Å². The molecule has 0 atom stereocenters. The van der Waals surface area contributed by atoms with Crippen LogP contribution in [-0.2, 0) is 12.7 Å². The summed E-state index contributed by atoms with van der Waals surface area (Å²) in [7, 11) is 0. The number of rotatable bonds is 3. The molecule has 6 nitrogen and oxygen atoms in total. The van der Waals surface area contributed by atoms with Crippen LogP contribution < -0.4 is 0 Å². The maximum absolute atomic E-state index is 12.5. The molecule has 136 valence electrons. The molecule has 0 bridgehead atoms. The summed E-state index contributed by atoms with van der Waals surface area (Å²) in [6.45, 7) is 0.0483. The van der Waals surface area contributed by atoms with Crippen LogP contribution in [0.5, 0.6) is 0 Å². The number of hydrogen-bond donors (Lipinski definition) is 0. The zero-order chi connectivity index (χ0) is 19.2. The van der Waals surface area contributed by atoms with Crippen molar-refractivity contribution < 1.29 is 27.3 Å². The Hall–Kier alpha value is -3.49. The van der Waals surface area contributed by atoms with Gasteiger partial charge < -0.3 is 4.52 Å². The van der Waals surface area contributed by atoms with E-state index in [-0.39, 0.29) is 24.2 Å². The van der Waals surface area contributed by atoms with Gasteiger partial charge in [0.25, 0.3) is 11.8 Å². The van der Waals surface area contributed by atoms with Gasteiger partial charge in [0, 0.05) is 5.56 Å². The number of alkyl halides is 3. The standard InChI is InChI=1S/C18H10F3N3O3/c19-18(20,21)17-22-14(23-27-17)11-7-5-10(6-8-11)9-24-15(25)12-3-1-2-4-13(12)16(24)26/h1-8H,9H2. The van der Waals surface area contributed by atoms with Gasteiger partial charge in [-0.25, -0.2) is 0 Å². The lowest BCUT2D eigenvalue weighted by Gasteiger charge is -2.13. The quantitative estimate of drug-likeness (QED) is 0.657. The third-order valence-corrected chi connectivity index (χ3v) is 4.10. The van der Waals surface area contributed by atoms with Crippen molar-refractivity contribution in [2.24, 2.45) is 0 Å². The molecule has 0 aliphatic carbocycles. The molecule has 3 aromatic rings. The summed E-state index contributed by atoms with van der Waals surface area (Å²) in [5.41, 5.74) is 1.66. The van der Waals surface area contributed by atoms with Crippen molar-refractivity contribution in [1.82, 2.24) is 15.0 Å². The van der Waals surface area contributed by atoms with Gasteiger partial charge in [0.05, 0.1) is 17.7 Å². The molecule has 2 heterocycles. The Morgan fingerprint density at radius 3 is 2.04 bits per heavy atom. The molecule has 2 aromatic carbocycles. The summed E-state index contributed by atoms with van der Waals surface area (Å²) in [6.07, 6.45) is -4.71. The molecule has 27 heavy (non-hydrogen) atoms. The van der Waals surface area contributed by atoms with Gasteiger partial charge in [-0.3, -0.25) is 14.5 Å². The fourth-order valence-corrected chi connectivity index (χ4v) is 2.78. The Labute approximate surface area is 150 Å². The van der Waals surface area contributed by atoms with Gasteiger partial charge in [-0.1, -0.05) is 41.6 Å². The maximum atomic E-state index is 12.5. The van der Waals surface area contributed by atoms with Crippen LogP contribution in [-0.4, -0.2) is 26.9 Å². The summed E-state index contributed by atoms with van der Waals surface area (Å²) in [6, 6.07) is 12.7. The second-order valence-corrected chi connectivity index (χ2v) is 5.86. The average Bonchev–Trinajstić information content (AvgIpc) is 3.23. The van der Waals surface area contributed by atoms with Crippen LogP contribution in [0.25, 0.3) is 11.4 Å². The van der Waals surface area contributed by atoms with Crippen LogP contribution in [0.15, 0.2) is 53.1 Å². The van der Waals surface area contributed by atoms with E-state index in [2.05, 4.69) is 14.7 Å². The minimum Gasteiger partial charge on any atom is -0.329 e. The number of carbonyl (C=O) groups excluding carboxylic acids is 2. The summed E-state index contributed by atoms with van der Waals surface area (Å²) < 4.78 is 41.8. The van der Waals surface area contributed by atoms with Crippen molar-refractivity contribution >= 4 is 11.8 Å². The molecule has 0 saturated heterocycles. The predicted octanol–water partition coefficient (Wildman–Crippen LogP) is 3.55. The van der Waals surface area contributed by atoms with Gasteiger partial charge in [-0.2, -0.15) is 18.2 Å². The van der Waals surface area contributed by atoms with E-state index in [1.807, 2.05) is 0 Å². The van der Waals surface area contributed by atoms with Crippen LogP contribution in [0.4, 0.5) is 13.2 Å². The van der Waals surface area contributed by atoms with Crippen LogP contribution in [0.2, 0.25) is 0 Å². The number of halogens is 3. The highest BCUT2D eigenvalue weighted by Crippen LogP contribution is 2.30. The van der Waals surface area contributed by atoms with Crippen LogP contribution in [0.3, 0.4) is 0 Å². The molecule has 4 rings (SSSR count). The number of benzene rings is 2. The normalized spacial score (nSPS) is 14.0. The minimum atomic E-state index is -4.71. The van der Waals surface area contributed by atoms with E-state index in [0.29, 0.717) is 22.3 Å². The van der Waals surface area contributed by atoms with E-state index in [0.717, 1.165) is 4.90 Å². The molecule has 0 unspecified atom stereocenters. The summed E-state index contributed by atoms with van der Waals surface area (Å²) in [4.78, 5) is 29.2. The Bertz CT molecular complexity index is 1010. The Morgan fingerprint density at radius 1 is 0.926 bits per heavy atom. The summed E-state index contributed by atoms with van der Waals surface area (Å²) in [5.74, 6) is -2.39. The molecule has 1 aliphatic heterocycles. The van der Waals surface area contributed by atoms with E-state index < -0.39 is 12.1 Å². The van der Waals surface area contributed by atoms with Crippen molar-refractivity contribution in [1.29, 1.82) is 0 Å². The van der Waals surface area contributed by atoms with E-state index >= 15 is 0 Å². The first kappa shape index (κ1) is 17.0. The number of aromatic nitrogens is 2. The topological polar surface area (TPSA) is 76.3 Å². The van der Waals surface area contributed by atoms with E-state index in [1.165, 1.54) is 12.1 Å². The second kappa shape index (κ2) is 6.04. The molecule has 0 N–H and O–H groups in total. The van der Waals surface area contributed by atoms with Gasteiger partial charge in [0.2, 0.25) is 5.82 Å². The molecule has 2 amide bonds. The molecule has 1 aromatic heterocycles. The third kappa shape index (κ3) is 2.97. The first-order valence-corrected chi connectivity index (χ1v) is 7.80. The zero-order valence-electron chi connectivity index (χ0n) is 13.5. The molecule has 0 fully saturated rings. The largest absolute Gasteiger partial charge is 0.471 e. The number of amides is 2.